The number of rotatable bonds is 4. The molecule has 0 unspecified atom stereocenters. The molecule has 0 saturated carbocycles. The topological polar surface area (TPSA) is 21.3 Å². The summed E-state index contributed by atoms with van der Waals surface area (Å²) in [7, 11) is 1.66. The Kier molecular flexibility index (Phi) is 4.31. The largest absolute Gasteiger partial charge is 0.497 e. The summed E-state index contributed by atoms with van der Waals surface area (Å²) in [6.45, 7) is 0. The molecule has 2 rings (SSSR count). The maximum atomic E-state index is 5.34. The van der Waals surface area contributed by atoms with Crippen molar-refractivity contribution in [1.29, 1.82) is 0 Å². The van der Waals surface area contributed by atoms with E-state index in [-0.39, 0.29) is 0 Å². The molecule has 1 N–H and O–H groups in total. The highest BCUT2D eigenvalue weighted by Crippen LogP contribution is 2.15. The number of benzene rings is 2. The van der Waals surface area contributed by atoms with Crippen molar-refractivity contribution < 1.29 is 4.74 Å². The fraction of sp³-hybridized carbons (Fsp3) is 0.133. The van der Waals surface area contributed by atoms with Gasteiger partial charge < -0.3 is 10.1 Å². The second-order valence-electron chi connectivity index (χ2n) is 3.94. The van der Waals surface area contributed by atoms with Crippen molar-refractivity contribution in [2.45, 2.75) is 6.42 Å². The average molecular weight is 257 g/mol. The molecule has 0 aliphatic heterocycles. The monoisotopic (exact) mass is 257 g/mol. The Hall–Kier alpha value is -1.87. The summed E-state index contributed by atoms with van der Waals surface area (Å²) < 4.78 is 5.11. The quantitative estimate of drug-likeness (QED) is 0.844. The predicted octanol–water partition coefficient (Wildman–Crippen LogP) is 3.68. The van der Waals surface area contributed by atoms with Gasteiger partial charge >= 0.3 is 0 Å². The van der Waals surface area contributed by atoms with E-state index < -0.39 is 0 Å². The summed E-state index contributed by atoms with van der Waals surface area (Å²) in [6.07, 6.45) is 0.752. The summed E-state index contributed by atoms with van der Waals surface area (Å²) in [5.74, 6) is 0.842. The van der Waals surface area contributed by atoms with Gasteiger partial charge in [-0.2, -0.15) is 0 Å². The van der Waals surface area contributed by atoms with Crippen LogP contribution in [0.1, 0.15) is 5.56 Å². The first-order valence-electron chi connectivity index (χ1n) is 5.76. The SMILES string of the molecule is COc1ccc(NC(=S)Cc2ccccc2)cc1. The van der Waals surface area contributed by atoms with Crippen LogP contribution in [-0.2, 0) is 6.42 Å². The number of ether oxygens (including phenoxy) is 1. The summed E-state index contributed by atoms with van der Waals surface area (Å²) in [5.41, 5.74) is 2.19. The van der Waals surface area contributed by atoms with E-state index in [1.54, 1.807) is 7.11 Å². The molecule has 0 radical (unpaired) electrons. The number of hydrogen-bond acceptors (Lipinski definition) is 2. The molecule has 0 saturated heterocycles. The van der Waals surface area contributed by atoms with E-state index in [2.05, 4.69) is 17.4 Å². The van der Waals surface area contributed by atoms with Crippen LogP contribution in [0.5, 0.6) is 5.75 Å². The third-order valence-electron chi connectivity index (χ3n) is 2.58. The van der Waals surface area contributed by atoms with E-state index >= 15 is 0 Å². The Bertz CT molecular complexity index is 508. The first-order valence-corrected chi connectivity index (χ1v) is 6.16. The van der Waals surface area contributed by atoms with Crippen LogP contribution in [0, 0.1) is 0 Å². The molecule has 2 aromatic rings. The van der Waals surface area contributed by atoms with Crippen molar-refractivity contribution in [3.63, 3.8) is 0 Å². The normalized spacial score (nSPS) is 9.83. The van der Waals surface area contributed by atoms with Gasteiger partial charge in [0.05, 0.1) is 12.1 Å². The van der Waals surface area contributed by atoms with Gasteiger partial charge in [-0.3, -0.25) is 0 Å². The zero-order valence-electron chi connectivity index (χ0n) is 10.2. The van der Waals surface area contributed by atoms with Crippen LogP contribution in [0.3, 0.4) is 0 Å². The lowest BCUT2D eigenvalue weighted by Gasteiger charge is -2.08. The molecule has 2 aromatic carbocycles. The molecular weight excluding hydrogens is 242 g/mol. The van der Waals surface area contributed by atoms with Crippen LogP contribution < -0.4 is 10.1 Å². The second kappa shape index (κ2) is 6.17. The van der Waals surface area contributed by atoms with Crippen molar-refractivity contribution in [3.05, 3.63) is 60.2 Å². The van der Waals surface area contributed by atoms with Gasteiger partial charge in [-0.25, -0.2) is 0 Å². The van der Waals surface area contributed by atoms with Gasteiger partial charge in [0.1, 0.15) is 5.75 Å². The van der Waals surface area contributed by atoms with Crippen molar-refractivity contribution >= 4 is 22.9 Å². The van der Waals surface area contributed by atoms with Crippen LogP contribution in [0.25, 0.3) is 0 Å². The van der Waals surface area contributed by atoms with Gasteiger partial charge in [-0.05, 0) is 29.8 Å². The van der Waals surface area contributed by atoms with E-state index in [1.165, 1.54) is 5.56 Å². The minimum absolute atomic E-state index is 0.752. The summed E-state index contributed by atoms with van der Waals surface area (Å²) in [6, 6.07) is 17.9. The number of anilines is 1. The Balaban J connectivity index is 1.94. The van der Waals surface area contributed by atoms with Gasteiger partial charge in [0.15, 0.2) is 0 Å². The highest BCUT2D eigenvalue weighted by atomic mass is 32.1. The fourth-order valence-corrected chi connectivity index (χ4v) is 1.95. The zero-order valence-corrected chi connectivity index (χ0v) is 11.0. The van der Waals surface area contributed by atoms with E-state index in [0.717, 1.165) is 22.8 Å². The van der Waals surface area contributed by atoms with E-state index in [0.29, 0.717) is 0 Å². The fourth-order valence-electron chi connectivity index (χ4n) is 1.66. The van der Waals surface area contributed by atoms with Gasteiger partial charge in [-0.1, -0.05) is 42.5 Å². The molecule has 18 heavy (non-hydrogen) atoms. The van der Waals surface area contributed by atoms with Crippen LogP contribution in [0.4, 0.5) is 5.69 Å². The van der Waals surface area contributed by atoms with Crippen molar-refractivity contribution in [3.8, 4) is 5.75 Å². The Labute approximate surface area is 113 Å². The van der Waals surface area contributed by atoms with Gasteiger partial charge in [0.25, 0.3) is 0 Å². The molecular formula is C15H15NOS. The summed E-state index contributed by atoms with van der Waals surface area (Å²) in [5, 5.41) is 3.22. The Morgan fingerprint density at radius 1 is 1.06 bits per heavy atom. The van der Waals surface area contributed by atoms with Crippen LogP contribution in [0.2, 0.25) is 0 Å². The molecule has 0 aliphatic rings. The number of methoxy groups -OCH3 is 1. The van der Waals surface area contributed by atoms with Crippen molar-refractivity contribution in [1.82, 2.24) is 0 Å². The molecule has 0 aliphatic carbocycles. The van der Waals surface area contributed by atoms with Crippen LogP contribution in [-0.4, -0.2) is 12.1 Å². The number of hydrogen-bond donors (Lipinski definition) is 1. The van der Waals surface area contributed by atoms with Gasteiger partial charge in [0.2, 0.25) is 0 Å². The van der Waals surface area contributed by atoms with Gasteiger partial charge in [0, 0.05) is 12.1 Å². The van der Waals surface area contributed by atoms with Crippen molar-refractivity contribution in [2.24, 2.45) is 0 Å². The summed E-state index contributed by atoms with van der Waals surface area (Å²) >= 11 is 5.34. The lowest BCUT2D eigenvalue weighted by Crippen LogP contribution is -2.11. The molecule has 0 spiro atoms. The summed E-state index contributed by atoms with van der Waals surface area (Å²) in [4.78, 5) is 0.811. The van der Waals surface area contributed by atoms with Gasteiger partial charge in [-0.15, -0.1) is 0 Å². The highest BCUT2D eigenvalue weighted by Gasteiger charge is 2.00. The minimum atomic E-state index is 0.752. The standard InChI is InChI=1S/C15H15NOS/c1-17-14-9-7-13(8-10-14)16-15(18)11-12-5-3-2-4-6-12/h2-10H,11H2,1H3,(H,16,18). The Morgan fingerprint density at radius 3 is 2.33 bits per heavy atom. The molecule has 2 nitrogen and oxygen atoms in total. The third kappa shape index (κ3) is 3.57. The zero-order chi connectivity index (χ0) is 12.8. The van der Waals surface area contributed by atoms with E-state index in [9.17, 15) is 0 Å². The first-order chi connectivity index (χ1) is 8.78. The van der Waals surface area contributed by atoms with Crippen LogP contribution in [0.15, 0.2) is 54.6 Å². The first kappa shape index (κ1) is 12.6. The molecule has 3 heteroatoms. The molecule has 0 heterocycles. The maximum Gasteiger partial charge on any atom is 0.119 e. The lowest BCUT2D eigenvalue weighted by molar-refractivity contribution is 0.415. The third-order valence-corrected chi connectivity index (χ3v) is 2.83. The molecule has 0 atom stereocenters. The maximum absolute atomic E-state index is 5.34. The second-order valence-corrected chi connectivity index (χ2v) is 4.43. The minimum Gasteiger partial charge on any atom is -0.497 e. The van der Waals surface area contributed by atoms with E-state index in [1.807, 2.05) is 42.5 Å². The van der Waals surface area contributed by atoms with Crippen molar-refractivity contribution in [2.75, 3.05) is 12.4 Å². The number of thiocarbonyl (C=S) groups is 1. The molecule has 0 fully saturated rings. The smallest absolute Gasteiger partial charge is 0.119 e. The molecule has 0 amide bonds. The number of nitrogens with one attached hydrogen (secondary N) is 1. The van der Waals surface area contributed by atoms with E-state index in [4.69, 9.17) is 17.0 Å². The predicted molar refractivity (Wildman–Crippen MR) is 79.4 cm³/mol. The van der Waals surface area contributed by atoms with Crippen LogP contribution >= 0.6 is 12.2 Å². The average Bonchev–Trinajstić information content (AvgIpc) is 2.40. The molecule has 0 bridgehead atoms. The lowest BCUT2D eigenvalue weighted by atomic mass is 10.1. The highest BCUT2D eigenvalue weighted by molar-refractivity contribution is 7.80. The molecule has 92 valence electrons. The Morgan fingerprint density at radius 2 is 1.72 bits per heavy atom. The molecule has 0 aromatic heterocycles.